The van der Waals surface area contributed by atoms with Crippen molar-refractivity contribution in [2.75, 3.05) is 7.11 Å². The van der Waals surface area contributed by atoms with E-state index in [1.807, 2.05) is 11.4 Å². The fraction of sp³-hybridized carbons (Fsp3) is 0.174. The molecule has 0 saturated carbocycles. The van der Waals surface area contributed by atoms with Gasteiger partial charge in [-0.1, -0.05) is 35.9 Å². The van der Waals surface area contributed by atoms with E-state index in [0.717, 1.165) is 27.1 Å². The lowest BCUT2D eigenvalue weighted by Crippen LogP contribution is -2.21. The molecule has 2 heterocycles. The third kappa shape index (κ3) is 3.59. The van der Waals surface area contributed by atoms with E-state index in [0.29, 0.717) is 17.5 Å². The number of aryl methyl sites for hydroxylation is 2. The first-order valence-corrected chi connectivity index (χ1v) is 10.1. The fourth-order valence-electron chi connectivity index (χ4n) is 3.51. The molecule has 0 spiro atoms. The van der Waals surface area contributed by atoms with Crippen molar-refractivity contribution in [1.82, 2.24) is 9.55 Å². The normalized spacial score (nSPS) is 11.0. The average Bonchev–Trinajstić information content (AvgIpc) is 3.14. The molecule has 0 bridgehead atoms. The van der Waals surface area contributed by atoms with Crippen molar-refractivity contribution in [3.05, 3.63) is 86.8 Å². The van der Waals surface area contributed by atoms with E-state index in [1.54, 1.807) is 29.1 Å². The number of hydrogen-bond donors (Lipinski definition) is 0. The molecule has 0 aliphatic heterocycles. The molecular weight excluding hydrogens is 384 g/mol. The molecule has 0 aliphatic rings. The van der Waals surface area contributed by atoms with Gasteiger partial charge in [0.25, 0.3) is 5.56 Å². The summed E-state index contributed by atoms with van der Waals surface area (Å²) in [4.78, 5) is 30.3. The van der Waals surface area contributed by atoms with Gasteiger partial charge in [0.1, 0.15) is 4.83 Å². The van der Waals surface area contributed by atoms with Gasteiger partial charge in [-0.15, -0.1) is 11.3 Å². The lowest BCUT2D eigenvalue weighted by molar-refractivity contribution is 0.0600. The van der Waals surface area contributed by atoms with Gasteiger partial charge in [0.2, 0.25) is 0 Å². The molecule has 0 fully saturated rings. The Morgan fingerprint density at radius 1 is 1.14 bits per heavy atom. The predicted molar refractivity (Wildman–Crippen MR) is 116 cm³/mol. The van der Waals surface area contributed by atoms with Crippen molar-refractivity contribution < 1.29 is 9.53 Å². The highest BCUT2D eigenvalue weighted by molar-refractivity contribution is 7.17. The van der Waals surface area contributed by atoms with E-state index < -0.39 is 5.97 Å². The Balaban J connectivity index is 1.79. The van der Waals surface area contributed by atoms with Crippen molar-refractivity contribution in [1.29, 1.82) is 0 Å². The lowest BCUT2D eigenvalue weighted by Gasteiger charge is -2.09. The summed E-state index contributed by atoms with van der Waals surface area (Å²) in [7, 11) is 1.35. The molecule has 2 aromatic carbocycles. The van der Waals surface area contributed by atoms with Gasteiger partial charge in [-0.3, -0.25) is 9.36 Å². The minimum absolute atomic E-state index is 0.0882. The second-order valence-corrected chi connectivity index (χ2v) is 7.88. The molecule has 0 amide bonds. The highest BCUT2D eigenvalue weighted by Crippen LogP contribution is 2.33. The number of hydrogen-bond acceptors (Lipinski definition) is 5. The Labute approximate surface area is 172 Å². The second-order valence-electron chi connectivity index (χ2n) is 7.02. The van der Waals surface area contributed by atoms with Crippen molar-refractivity contribution in [3.63, 3.8) is 0 Å². The molecule has 2 aromatic heterocycles. The van der Waals surface area contributed by atoms with Crippen LogP contribution in [-0.4, -0.2) is 22.6 Å². The molecule has 29 heavy (non-hydrogen) atoms. The van der Waals surface area contributed by atoms with E-state index in [1.165, 1.54) is 24.0 Å². The van der Waals surface area contributed by atoms with E-state index in [9.17, 15) is 9.59 Å². The molecule has 0 atom stereocenters. The van der Waals surface area contributed by atoms with Crippen LogP contribution in [-0.2, 0) is 11.3 Å². The minimum Gasteiger partial charge on any atom is -0.465 e. The number of thiophene rings is 1. The van der Waals surface area contributed by atoms with Crippen molar-refractivity contribution in [3.8, 4) is 11.1 Å². The number of fused-ring (bicyclic) bond motifs is 1. The summed E-state index contributed by atoms with van der Waals surface area (Å²) in [5.41, 5.74) is 5.48. The highest BCUT2D eigenvalue weighted by atomic mass is 32.1. The summed E-state index contributed by atoms with van der Waals surface area (Å²) in [5, 5.41) is 2.63. The van der Waals surface area contributed by atoms with E-state index in [4.69, 9.17) is 4.74 Å². The van der Waals surface area contributed by atoms with Crippen LogP contribution < -0.4 is 5.56 Å². The smallest absolute Gasteiger partial charge is 0.337 e. The van der Waals surface area contributed by atoms with Gasteiger partial charge in [0.15, 0.2) is 0 Å². The van der Waals surface area contributed by atoms with Crippen LogP contribution in [0.4, 0.5) is 0 Å². The molecule has 6 heteroatoms. The van der Waals surface area contributed by atoms with Gasteiger partial charge in [-0.05, 0) is 42.7 Å². The molecular formula is C23H20N2O3S. The number of nitrogens with zero attached hydrogens (tertiary/aromatic N) is 2. The van der Waals surface area contributed by atoms with Crippen LogP contribution in [0.15, 0.2) is 59.0 Å². The molecule has 4 aromatic rings. The molecule has 146 valence electrons. The van der Waals surface area contributed by atoms with Gasteiger partial charge in [-0.2, -0.15) is 0 Å². The first-order valence-electron chi connectivity index (χ1n) is 9.19. The Morgan fingerprint density at radius 2 is 1.97 bits per heavy atom. The summed E-state index contributed by atoms with van der Waals surface area (Å²) in [6, 6.07) is 13.3. The number of rotatable bonds is 4. The number of aromatic nitrogens is 2. The molecule has 0 radical (unpaired) electrons. The first-order chi connectivity index (χ1) is 14.0. The summed E-state index contributed by atoms with van der Waals surface area (Å²) in [6.07, 6.45) is 1.57. The standard InChI is InChI=1S/C23H20N2O3S/c1-14-7-8-18(15(2)9-14)19-12-29-21-20(19)22(26)25(13-24-21)11-16-5-4-6-17(10-16)23(27)28-3/h4-10,12-13H,11H2,1-3H3. The Hall–Kier alpha value is -3.25. The summed E-state index contributed by atoms with van der Waals surface area (Å²) < 4.78 is 6.36. The fourth-order valence-corrected chi connectivity index (χ4v) is 4.40. The maximum Gasteiger partial charge on any atom is 0.337 e. The number of carbonyl (C=O) groups excluding carboxylic acids is 1. The molecule has 0 unspecified atom stereocenters. The van der Waals surface area contributed by atoms with Crippen LogP contribution in [0.5, 0.6) is 0 Å². The van der Waals surface area contributed by atoms with Crippen molar-refractivity contribution in [2.45, 2.75) is 20.4 Å². The molecule has 0 N–H and O–H groups in total. The molecule has 0 saturated heterocycles. The topological polar surface area (TPSA) is 61.2 Å². The van der Waals surface area contributed by atoms with Crippen LogP contribution in [0.3, 0.4) is 0 Å². The van der Waals surface area contributed by atoms with Crippen LogP contribution in [0.25, 0.3) is 21.3 Å². The van der Waals surface area contributed by atoms with E-state index >= 15 is 0 Å². The van der Waals surface area contributed by atoms with Gasteiger partial charge >= 0.3 is 5.97 Å². The van der Waals surface area contributed by atoms with Gasteiger partial charge in [0, 0.05) is 10.9 Å². The molecule has 0 aliphatic carbocycles. The van der Waals surface area contributed by atoms with Crippen LogP contribution in [0.1, 0.15) is 27.0 Å². The van der Waals surface area contributed by atoms with Gasteiger partial charge < -0.3 is 4.74 Å². The zero-order valence-electron chi connectivity index (χ0n) is 16.4. The second kappa shape index (κ2) is 7.64. The molecule has 4 rings (SSSR count). The van der Waals surface area contributed by atoms with Gasteiger partial charge in [-0.25, -0.2) is 9.78 Å². The van der Waals surface area contributed by atoms with Crippen molar-refractivity contribution in [2.24, 2.45) is 0 Å². The number of ether oxygens (including phenoxy) is 1. The van der Waals surface area contributed by atoms with Crippen molar-refractivity contribution >= 4 is 27.5 Å². The largest absolute Gasteiger partial charge is 0.465 e. The van der Waals surface area contributed by atoms with E-state index in [-0.39, 0.29) is 5.56 Å². The first kappa shape index (κ1) is 19.1. The minimum atomic E-state index is -0.400. The summed E-state index contributed by atoms with van der Waals surface area (Å²) in [6.45, 7) is 4.44. The molecule has 5 nitrogen and oxygen atoms in total. The maximum atomic E-state index is 13.3. The third-order valence-electron chi connectivity index (χ3n) is 4.93. The zero-order valence-corrected chi connectivity index (χ0v) is 17.2. The van der Waals surface area contributed by atoms with Crippen LogP contribution in [0, 0.1) is 13.8 Å². The maximum absolute atomic E-state index is 13.3. The summed E-state index contributed by atoms with van der Waals surface area (Å²) in [5.74, 6) is -0.400. The lowest BCUT2D eigenvalue weighted by atomic mass is 9.99. The third-order valence-corrected chi connectivity index (χ3v) is 5.82. The average molecular weight is 404 g/mol. The van der Waals surface area contributed by atoms with Crippen LogP contribution in [0.2, 0.25) is 0 Å². The van der Waals surface area contributed by atoms with Gasteiger partial charge in [0.05, 0.1) is 30.9 Å². The number of benzene rings is 2. The Bertz CT molecular complexity index is 1290. The zero-order chi connectivity index (χ0) is 20.5. The number of methoxy groups -OCH3 is 1. The summed E-state index contributed by atoms with van der Waals surface area (Å²) >= 11 is 1.47. The predicted octanol–water partition coefficient (Wildman–Crippen LogP) is 4.58. The monoisotopic (exact) mass is 404 g/mol. The van der Waals surface area contributed by atoms with E-state index in [2.05, 4.69) is 37.0 Å². The number of carbonyl (C=O) groups is 1. The van der Waals surface area contributed by atoms with Crippen LogP contribution >= 0.6 is 11.3 Å². The SMILES string of the molecule is COC(=O)c1cccc(Cn2cnc3scc(-c4ccc(C)cc4C)c3c2=O)c1. The number of esters is 1. The Kier molecular flexibility index (Phi) is 5.03. The Morgan fingerprint density at radius 3 is 2.72 bits per heavy atom. The highest BCUT2D eigenvalue weighted by Gasteiger charge is 2.15. The quantitative estimate of drug-likeness (QED) is 0.467.